The van der Waals surface area contributed by atoms with Gasteiger partial charge in [0.1, 0.15) is 10.8 Å². The topological polar surface area (TPSA) is 55.1 Å². The molecule has 0 saturated carbocycles. The second-order valence-corrected chi connectivity index (χ2v) is 7.29. The van der Waals surface area contributed by atoms with Crippen LogP contribution < -0.4 is 5.32 Å². The van der Waals surface area contributed by atoms with Crippen LogP contribution in [0.25, 0.3) is 5.65 Å². The highest BCUT2D eigenvalue weighted by atomic mass is 79.9. The van der Waals surface area contributed by atoms with Crippen molar-refractivity contribution in [1.29, 1.82) is 0 Å². The molecule has 0 unspecified atom stereocenters. The highest BCUT2D eigenvalue weighted by Crippen LogP contribution is 2.30. The van der Waals surface area contributed by atoms with Crippen molar-refractivity contribution in [3.05, 3.63) is 77.2 Å². The van der Waals surface area contributed by atoms with E-state index in [1.165, 1.54) is 0 Å². The van der Waals surface area contributed by atoms with Gasteiger partial charge in [-0.2, -0.15) is 9.61 Å². The quantitative estimate of drug-likeness (QED) is 0.484. The van der Waals surface area contributed by atoms with Crippen molar-refractivity contribution in [3.63, 3.8) is 0 Å². The number of nitrogens with one attached hydrogen (secondary N) is 1. The van der Waals surface area contributed by atoms with Crippen LogP contribution in [0.5, 0.6) is 0 Å². The lowest BCUT2D eigenvalue weighted by molar-refractivity contribution is 0.903. The van der Waals surface area contributed by atoms with E-state index >= 15 is 0 Å². The van der Waals surface area contributed by atoms with Gasteiger partial charge in [-0.25, -0.2) is 4.98 Å². The Morgan fingerprint density at radius 3 is 2.76 bits per heavy atom. The average molecular weight is 412 g/mol. The summed E-state index contributed by atoms with van der Waals surface area (Å²) in [5, 5.41) is 8.74. The average Bonchev–Trinajstić information content (AvgIpc) is 3.03. The first kappa shape index (κ1) is 16.1. The Labute approximate surface area is 157 Å². The molecule has 0 atom stereocenters. The molecule has 0 bridgehead atoms. The summed E-state index contributed by atoms with van der Waals surface area (Å²) >= 11 is 5.15. The van der Waals surface area contributed by atoms with Crippen molar-refractivity contribution in [3.8, 4) is 0 Å². The van der Waals surface area contributed by atoms with E-state index in [0.717, 1.165) is 31.4 Å². The minimum atomic E-state index is 0.667. The Balaban J connectivity index is 1.67. The van der Waals surface area contributed by atoms with E-state index in [2.05, 4.69) is 43.5 Å². The van der Waals surface area contributed by atoms with Gasteiger partial charge in [0.15, 0.2) is 5.65 Å². The maximum Gasteiger partial charge on any atom is 0.172 e. The summed E-state index contributed by atoms with van der Waals surface area (Å²) in [5.74, 6) is 0.887. The van der Waals surface area contributed by atoms with Crippen LogP contribution in [-0.4, -0.2) is 19.6 Å². The monoisotopic (exact) mass is 411 g/mol. The standard InChI is InChI=1S/C18H14BrN5S/c19-15-12-22-24-16(21-11-13-5-4-8-20-10-13)9-17(23-18(15)24)25-14-6-2-1-3-7-14/h1-10,12,21H,11H2. The summed E-state index contributed by atoms with van der Waals surface area (Å²) in [6.07, 6.45) is 5.38. The Bertz CT molecular complexity index is 988. The summed E-state index contributed by atoms with van der Waals surface area (Å²) in [5.41, 5.74) is 1.89. The number of fused-ring (bicyclic) bond motifs is 1. The molecule has 0 fully saturated rings. The van der Waals surface area contributed by atoms with E-state index in [1.807, 2.05) is 42.6 Å². The summed E-state index contributed by atoms with van der Waals surface area (Å²) in [6, 6.07) is 16.2. The predicted molar refractivity (Wildman–Crippen MR) is 103 cm³/mol. The second-order valence-electron chi connectivity index (χ2n) is 5.34. The number of aromatic nitrogens is 4. The van der Waals surface area contributed by atoms with Gasteiger partial charge in [-0.05, 0) is 39.7 Å². The SMILES string of the molecule is Brc1cnn2c(NCc3cccnc3)cc(Sc3ccccc3)nc12. The number of halogens is 1. The molecule has 0 aliphatic rings. The fourth-order valence-electron chi connectivity index (χ4n) is 2.40. The van der Waals surface area contributed by atoms with Crippen molar-refractivity contribution in [2.24, 2.45) is 0 Å². The predicted octanol–water partition coefficient (Wildman–Crippen LogP) is 4.65. The molecule has 3 aromatic heterocycles. The van der Waals surface area contributed by atoms with Gasteiger partial charge < -0.3 is 5.32 Å². The van der Waals surface area contributed by atoms with Crippen LogP contribution in [0.4, 0.5) is 5.82 Å². The van der Waals surface area contributed by atoms with Crippen molar-refractivity contribution >= 4 is 39.2 Å². The Hall–Kier alpha value is -2.38. The molecule has 7 heteroatoms. The van der Waals surface area contributed by atoms with Gasteiger partial charge in [0.2, 0.25) is 0 Å². The van der Waals surface area contributed by atoms with Crippen molar-refractivity contribution in [2.45, 2.75) is 16.5 Å². The van der Waals surface area contributed by atoms with E-state index in [4.69, 9.17) is 4.98 Å². The fraction of sp³-hybridized carbons (Fsp3) is 0.0556. The fourth-order valence-corrected chi connectivity index (χ4v) is 3.58. The highest BCUT2D eigenvalue weighted by Gasteiger charge is 2.11. The van der Waals surface area contributed by atoms with E-state index in [-0.39, 0.29) is 0 Å². The molecule has 1 N–H and O–H groups in total. The lowest BCUT2D eigenvalue weighted by atomic mass is 10.3. The number of hydrogen-bond donors (Lipinski definition) is 1. The molecule has 4 rings (SSSR count). The molecular formula is C18H14BrN5S. The van der Waals surface area contributed by atoms with Crippen molar-refractivity contribution in [2.75, 3.05) is 5.32 Å². The normalized spacial score (nSPS) is 10.9. The Morgan fingerprint density at radius 2 is 1.96 bits per heavy atom. The van der Waals surface area contributed by atoms with Crippen LogP contribution in [-0.2, 0) is 6.54 Å². The summed E-state index contributed by atoms with van der Waals surface area (Å²) in [6.45, 7) is 0.667. The molecule has 0 aliphatic carbocycles. The lowest BCUT2D eigenvalue weighted by Gasteiger charge is -2.10. The summed E-state index contributed by atoms with van der Waals surface area (Å²) < 4.78 is 2.67. The zero-order valence-corrected chi connectivity index (χ0v) is 15.5. The first-order chi connectivity index (χ1) is 12.3. The minimum absolute atomic E-state index is 0.667. The number of benzene rings is 1. The largest absolute Gasteiger partial charge is 0.366 e. The van der Waals surface area contributed by atoms with Crippen molar-refractivity contribution < 1.29 is 0 Å². The number of rotatable bonds is 5. The van der Waals surface area contributed by atoms with Crippen LogP contribution in [0.1, 0.15) is 5.56 Å². The van der Waals surface area contributed by atoms with E-state index in [0.29, 0.717) is 6.54 Å². The van der Waals surface area contributed by atoms with Crippen molar-refractivity contribution in [1.82, 2.24) is 19.6 Å². The highest BCUT2D eigenvalue weighted by molar-refractivity contribution is 9.10. The first-order valence-corrected chi connectivity index (χ1v) is 9.30. The smallest absolute Gasteiger partial charge is 0.172 e. The Kier molecular flexibility index (Phi) is 4.67. The number of pyridine rings is 1. The van der Waals surface area contributed by atoms with Gasteiger partial charge in [0.05, 0.1) is 10.7 Å². The lowest BCUT2D eigenvalue weighted by Crippen LogP contribution is -2.06. The van der Waals surface area contributed by atoms with Gasteiger partial charge in [0, 0.05) is 29.9 Å². The van der Waals surface area contributed by atoms with Gasteiger partial charge in [-0.1, -0.05) is 36.0 Å². The third-order valence-electron chi connectivity index (χ3n) is 3.57. The molecule has 1 aromatic carbocycles. The molecule has 0 amide bonds. The van der Waals surface area contributed by atoms with Gasteiger partial charge >= 0.3 is 0 Å². The first-order valence-electron chi connectivity index (χ1n) is 7.69. The second kappa shape index (κ2) is 7.25. The van der Waals surface area contributed by atoms with Gasteiger partial charge in [-0.15, -0.1) is 0 Å². The molecule has 0 spiro atoms. The van der Waals surface area contributed by atoms with Crippen LogP contribution in [0.15, 0.2) is 81.5 Å². The zero-order valence-electron chi connectivity index (χ0n) is 13.1. The number of nitrogens with zero attached hydrogens (tertiary/aromatic N) is 4. The van der Waals surface area contributed by atoms with Crippen LogP contribution in [0.3, 0.4) is 0 Å². The summed E-state index contributed by atoms with van der Waals surface area (Å²) in [4.78, 5) is 10.0. The minimum Gasteiger partial charge on any atom is -0.366 e. The molecular weight excluding hydrogens is 398 g/mol. The number of anilines is 1. The van der Waals surface area contributed by atoms with Gasteiger partial charge in [0.25, 0.3) is 0 Å². The number of hydrogen-bond acceptors (Lipinski definition) is 5. The van der Waals surface area contributed by atoms with E-state index in [1.54, 1.807) is 28.7 Å². The summed E-state index contributed by atoms with van der Waals surface area (Å²) in [7, 11) is 0. The zero-order chi connectivity index (χ0) is 17.1. The van der Waals surface area contributed by atoms with Crippen LogP contribution in [0.2, 0.25) is 0 Å². The molecule has 0 saturated heterocycles. The molecule has 3 heterocycles. The van der Waals surface area contributed by atoms with Crippen LogP contribution in [0, 0.1) is 0 Å². The molecule has 0 radical (unpaired) electrons. The van der Waals surface area contributed by atoms with E-state index < -0.39 is 0 Å². The van der Waals surface area contributed by atoms with Crippen LogP contribution >= 0.6 is 27.7 Å². The maximum atomic E-state index is 4.71. The molecule has 5 nitrogen and oxygen atoms in total. The third kappa shape index (κ3) is 3.67. The van der Waals surface area contributed by atoms with E-state index in [9.17, 15) is 0 Å². The van der Waals surface area contributed by atoms with Gasteiger partial charge in [-0.3, -0.25) is 4.98 Å². The molecule has 25 heavy (non-hydrogen) atoms. The molecule has 0 aliphatic heterocycles. The third-order valence-corrected chi connectivity index (χ3v) is 5.05. The Morgan fingerprint density at radius 1 is 1.08 bits per heavy atom. The maximum absolute atomic E-state index is 4.71. The molecule has 4 aromatic rings. The molecule has 124 valence electrons.